The molecule has 5 heteroatoms. The highest BCUT2D eigenvalue weighted by Gasteiger charge is 2.21. The van der Waals surface area contributed by atoms with Gasteiger partial charge in [0.2, 0.25) is 0 Å². The standard InChI is InChI=1S/C18H22N2O2S/c1-11-5-3-4-6-15(11)20-18(23)19-13-7-8-14-12(2)9-17(21)22-16(14)10-13/h7-11,15H,3-6H2,1-2H3,(H2,19,20,23)/t11-,15+/m0/s1. The Morgan fingerprint density at radius 2 is 2.04 bits per heavy atom. The van der Waals surface area contributed by atoms with Crippen LogP contribution in [0.15, 0.2) is 33.5 Å². The molecule has 2 atom stereocenters. The van der Waals surface area contributed by atoms with E-state index in [0.29, 0.717) is 22.7 Å². The van der Waals surface area contributed by atoms with Crippen molar-refractivity contribution in [2.75, 3.05) is 5.32 Å². The molecule has 0 saturated heterocycles. The van der Waals surface area contributed by atoms with E-state index in [1.165, 1.54) is 25.3 Å². The summed E-state index contributed by atoms with van der Waals surface area (Å²) in [6.07, 6.45) is 4.98. The molecule has 1 heterocycles. The van der Waals surface area contributed by atoms with Gasteiger partial charge in [-0.1, -0.05) is 19.8 Å². The number of hydrogen-bond donors (Lipinski definition) is 2. The Kier molecular flexibility index (Phi) is 4.66. The third-order valence-electron chi connectivity index (χ3n) is 4.64. The molecular weight excluding hydrogens is 308 g/mol. The van der Waals surface area contributed by atoms with Gasteiger partial charge in [0.1, 0.15) is 5.58 Å². The highest BCUT2D eigenvalue weighted by molar-refractivity contribution is 7.80. The molecule has 1 aromatic carbocycles. The summed E-state index contributed by atoms with van der Waals surface area (Å²) < 4.78 is 5.27. The van der Waals surface area contributed by atoms with Crippen molar-refractivity contribution >= 4 is 34.0 Å². The van der Waals surface area contributed by atoms with Crippen LogP contribution in [0, 0.1) is 12.8 Å². The topological polar surface area (TPSA) is 54.3 Å². The molecule has 23 heavy (non-hydrogen) atoms. The average Bonchev–Trinajstić information content (AvgIpc) is 2.49. The maximum Gasteiger partial charge on any atom is 0.336 e. The number of nitrogens with one attached hydrogen (secondary N) is 2. The third kappa shape index (κ3) is 3.72. The first-order chi connectivity index (χ1) is 11.0. The van der Waals surface area contributed by atoms with Crippen LogP contribution in [0.5, 0.6) is 0 Å². The Bertz CT molecular complexity index is 784. The number of rotatable bonds is 2. The highest BCUT2D eigenvalue weighted by Crippen LogP contribution is 2.24. The smallest absolute Gasteiger partial charge is 0.336 e. The van der Waals surface area contributed by atoms with Crippen molar-refractivity contribution < 1.29 is 4.42 Å². The van der Waals surface area contributed by atoms with E-state index in [-0.39, 0.29) is 5.63 Å². The van der Waals surface area contributed by atoms with Gasteiger partial charge in [0.25, 0.3) is 0 Å². The zero-order valence-corrected chi connectivity index (χ0v) is 14.3. The van der Waals surface area contributed by atoms with E-state index in [9.17, 15) is 4.79 Å². The fourth-order valence-electron chi connectivity index (χ4n) is 3.27. The molecule has 122 valence electrons. The summed E-state index contributed by atoms with van der Waals surface area (Å²) in [6, 6.07) is 7.66. The van der Waals surface area contributed by atoms with E-state index in [1.807, 2.05) is 25.1 Å². The van der Waals surface area contributed by atoms with Crippen molar-refractivity contribution in [1.82, 2.24) is 5.32 Å². The van der Waals surface area contributed by atoms with Crippen LogP contribution in [-0.2, 0) is 0 Å². The van der Waals surface area contributed by atoms with Crippen molar-refractivity contribution in [3.63, 3.8) is 0 Å². The highest BCUT2D eigenvalue weighted by atomic mass is 32.1. The normalized spacial score (nSPS) is 21.1. The minimum atomic E-state index is -0.330. The zero-order valence-electron chi connectivity index (χ0n) is 13.5. The van der Waals surface area contributed by atoms with E-state index in [2.05, 4.69) is 17.6 Å². The van der Waals surface area contributed by atoms with Crippen LogP contribution >= 0.6 is 12.2 Å². The van der Waals surface area contributed by atoms with Crippen LogP contribution in [0.3, 0.4) is 0 Å². The van der Waals surface area contributed by atoms with E-state index >= 15 is 0 Å². The summed E-state index contributed by atoms with van der Waals surface area (Å²) in [5.41, 5.74) is 1.99. The maximum atomic E-state index is 11.5. The van der Waals surface area contributed by atoms with Crippen LogP contribution in [0.1, 0.15) is 38.2 Å². The summed E-state index contributed by atoms with van der Waals surface area (Å²) in [4.78, 5) is 11.5. The number of benzene rings is 1. The first kappa shape index (κ1) is 16.0. The third-order valence-corrected chi connectivity index (χ3v) is 4.86. The number of thiocarbonyl (C=S) groups is 1. The molecule has 0 radical (unpaired) electrons. The molecule has 0 amide bonds. The molecule has 0 spiro atoms. The lowest BCUT2D eigenvalue weighted by molar-refractivity contribution is 0.309. The van der Waals surface area contributed by atoms with Gasteiger partial charge in [-0.15, -0.1) is 0 Å². The molecule has 1 fully saturated rings. The van der Waals surface area contributed by atoms with Crippen molar-refractivity contribution in [3.8, 4) is 0 Å². The zero-order chi connectivity index (χ0) is 16.4. The van der Waals surface area contributed by atoms with Gasteiger partial charge in [0.05, 0.1) is 0 Å². The van der Waals surface area contributed by atoms with Crippen molar-refractivity contribution in [3.05, 3.63) is 40.2 Å². The largest absolute Gasteiger partial charge is 0.423 e. The summed E-state index contributed by atoms with van der Waals surface area (Å²) >= 11 is 5.43. The van der Waals surface area contributed by atoms with Gasteiger partial charge in [-0.2, -0.15) is 0 Å². The van der Waals surface area contributed by atoms with E-state index in [0.717, 1.165) is 23.1 Å². The molecule has 2 aromatic rings. The molecule has 1 aromatic heterocycles. The number of aryl methyl sites for hydroxylation is 1. The van der Waals surface area contributed by atoms with Gasteiger partial charge < -0.3 is 15.1 Å². The maximum absolute atomic E-state index is 11.5. The molecule has 1 saturated carbocycles. The molecule has 3 rings (SSSR count). The number of fused-ring (bicyclic) bond motifs is 1. The second kappa shape index (κ2) is 6.71. The van der Waals surface area contributed by atoms with Gasteiger partial charge in [-0.05, 0) is 55.6 Å². The van der Waals surface area contributed by atoms with Crippen LogP contribution in [-0.4, -0.2) is 11.2 Å². The van der Waals surface area contributed by atoms with Gasteiger partial charge in [0, 0.05) is 29.2 Å². The first-order valence-corrected chi connectivity index (χ1v) is 8.56. The lowest BCUT2D eigenvalue weighted by Crippen LogP contribution is -2.43. The fourth-order valence-corrected chi connectivity index (χ4v) is 3.54. The Labute approximate surface area is 141 Å². The molecule has 4 nitrogen and oxygen atoms in total. The van der Waals surface area contributed by atoms with Crippen molar-refractivity contribution in [2.45, 2.75) is 45.6 Å². The van der Waals surface area contributed by atoms with Gasteiger partial charge in [-0.25, -0.2) is 4.79 Å². The van der Waals surface area contributed by atoms with Gasteiger partial charge in [-0.3, -0.25) is 0 Å². The van der Waals surface area contributed by atoms with Crippen LogP contribution in [0.2, 0.25) is 0 Å². The number of anilines is 1. The summed E-state index contributed by atoms with van der Waals surface area (Å²) in [5.74, 6) is 0.640. The molecule has 1 aliphatic rings. The molecule has 0 aliphatic heterocycles. The molecular formula is C18H22N2O2S. The van der Waals surface area contributed by atoms with Crippen molar-refractivity contribution in [2.24, 2.45) is 5.92 Å². The predicted octanol–water partition coefficient (Wildman–Crippen LogP) is 3.97. The van der Waals surface area contributed by atoms with Crippen LogP contribution in [0.25, 0.3) is 11.0 Å². The summed E-state index contributed by atoms with van der Waals surface area (Å²) in [6.45, 7) is 4.18. The Morgan fingerprint density at radius 3 is 2.83 bits per heavy atom. The lowest BCUT2D eigenvalue weighted by atomic mass is 9.86. The van der Waals surface area contributed by atoms with Gasteiger partial charge in [0.15, 0.2) is 5.11 Å². The Balaban J connectivity index is 1.73. The van der Waals surface area contributed by atoms with E-state index in [1.54, 1.807) is 0 Å². The van der Waals surface area contributed by atoms with Crippen molar-refractivity contribution in [1.29, 1.82) is 0 Å². The second-order valence-electron chi connectivity index (χ2n) is 6.43. The lowest BCUT2D eigenvalue weighted by Gasteiger charge is -2.30. The minimum absolute atomic E-state index is 0.330. The van der Waals surface area contributed by atoms with E-state index in [4.69, 9.17) is 16.6 Å². The second-order valence-corrected chi connectivity index (χ2v) is 6.83. The monoisotopic (exact) mass is 330 g/mol. The Morgan fingerprint density at radius 1 is 1.26 bits per heavy atom. The SMILES string of the molecule is Cc1cc(=O)oc2cc(NC(=S)N[C@@H]3CCCC[C@@H]3C)ccc12. The summed E-state index contributed by atoms with van der Waals surface area (Å²) in [7, 11) is 0. The molecule has 1 aliphatic carbocycles. The van der Waals surface area contributed by atoms with Crippen LogP contribution < -0.4 is 16.3 Å². The first-order valence-electron chi connectivity index (χ1n) is 8.15. The molecule has 2 N–H and O–H groups in total. The average molecular weight is 330 g/mol. The summed E-state index contributed by atoms with van der Waals surface area (Å²) in [5, 5.41) is 8.18. The predicted molar refractivity (Wildman–Crippen MR) is 98.0 cm³/mol. The Hall–Kier alpha value is -1.88. The molecule has 0 unspecified atom stereocenters. The number of hydrogen-bond acceptors (Lipinski definition) is 3. The van der Waals surface area contributed by atoms with Crippen LogP contribution in [0.4, 0.5) is 5.69 Å². The van der Waals surface area contributed by atoms with E-state index < -0.39 is 0 Å². The quantitative estimate of drug-likeness (QED) is 0.645. The van der Waals surface area contributed by atoms with Gasteiger partial charge >= 0.3 is 5.63 Å². The minimum Gasteiger partial charge on any atom is -0.423 e. The molecule has 0 bridgehead atoms. The fraction of sp³-hybridized carbons (Fsp3) is 0.444.